The minimum absolute atomic E-state index is 0.424. The molecule has 0 spiro atoms. The predicted octanol–water partition coefficient (Wildman–Crippen LogP) is 27.3. The van der Waals surface area contributed by atoms with E-state index in [1.165, 1.54) is 27.1 Å². The van der Waals surface area contributed by atoms with E-state index >= 15 is 0 Å². The largest absolute Gasteiger partial charge is 0.459 e. The molecule has 0 amide bonds. The molecule has 0 N–H and O–H groups in total. The van der Waals surface area contributed by atoms with Crippen LogP contribution in [0.25, 0.3) is 144 Å². The van der Waals surface area contributed by atoms with Crippen LogP contribution in [0.3, 0.4) is 0 Å². The maximum Gasteiger partial charge on any atom is 0.260 e. The van der Waals surface area contributed by atoms with Gasteiger partial charge >= 0.3 is 0 Å². The summed E-state index contributed by atoms with van der Waals surface area (Å²) in [6.45, 7) is 6.20. The van der Waals surface area contributed by atoms with Gasteiger partial charge in [-0.1, -0.05) is 373 Å². The maximum absolute atomic E-state index is 8.58. The Morgan fingerprint density at radius 1 is 0.222 bits per heavy atom. The van der Waals surface area contributed by atoms with Crippen LogP contribution in [0.5, 0.6) is 23.0 Å². The first-order chi connectivity index (χ1) is 62.2. The summed E-state index contributed by atoms with van der Waals surface area (Å²) in [5.74, 6) is 3.03. The van der Waals surface area contributed by atoms with Crippen LogP contribution in [0, 0.1) is 0 Å². The number of fused-ring (bicyclic) bond motifs is 15. The van der Waals surface area contributed by atoms with Gasteiger partial charge in [0.05, 0.1) is 39.1 Å². The third kappa shape index (κ3) is 11.5. The van der Waals surface area contributed by atoms with Crippen molar-refractivity contribution in [1.82, 2.24) is 9.13 Å². The fourth-order valence-corrected chi connectivity index (χ4v) is 21.0. The fourth-order valence-electron chi connectivity index (χ4n) is 21.0. The van der Waals surface area contributed by atoms with Crippen molar-refractivity contribution in [2.75, 3.05) is 9.80 Å². The Hall–Kier alpha value is -15.9. The SMILES string of the molecule is CC(C)(C)c1cc2c3c(c1)N(c1c(-c4ccccc4)cccc1-c1cccc(-c4ccccc4)c1)c1cc4c5c(c1B3c1ccc(-c3ccccc3)cc1N2c1c(-c2ccccc2)cccc1-c1cccc(-c2ccccc2)c1)Oc1cc(-n2c3ccccc3c3ccccc32)ccc1B5c1cc(-c2ccccc2)cc(-n2c3ccccc3c3ccccc32)c1O4. The summed E-state index contributed by atoms with van der Waals surface area (Å²) < 4.78 is 21.9. The van der Waals surface area contributed by atoms with Gasteiger partial charge in [0.2, 0.25) is 0 Å². The Kier molecular flexibility index (Phi) is 16.7. The smallest absolute Gasteiger partial charge is 0.260 e. The third-order valence-corrected chi connectivity index (χ3v) is 26.7. The van der Waals surface area contributed by atoms with Gasteiger partial charge in [-0.05, 0) is 172 Å². The van der Waals surface area contributed by atoms with Crippen LogP contribution in [0.4, 0.5) is 34.1 Å². The Balaban J connectivity index is 0.854. The molecule has 6 nitrogen and oxygen atoms in total. The van der Waals surface area contributed by atoms with Crippen LogP contribution in [-0.2, 0) is 5.41 Å². The molecule has 4 aliphatic rings. The number of anilines is 6. The Labute approximate surface area is 733 Å². The van der Waals surface area contributed by atoms with Crippen molar-refractivity contribution in [3.8, 4) is 123 Å². The highest BCUT2D eigenvalue weighted by Crippen LogP contribution is 2.57. The zero-order valence-corrected chi connectivity index (χ0v) is 69.8. The van der Waals surface area contributed by atoms with Crippen molar-refractivity contribution < 1.29 is 9.47 Å². The standard InChI is InChI=1S/C118H80B2N4O2/c1-118(2,3)87-71-105-111-106(72-87)124(115-90(80-44-20-9-21-45-80)55-33-57-92(115)85-49-31-47-82(67-85)76-36-12-5-13-37-76)107-74-110-113-117(112(107)120(111)97-64-62-83(77-38-14-6-15-39-77)69-104(97)123(105)114-89(79-42-18-8-19-43-79)54-32-56-91(114)84-48-30-46-81(66-84)75-34-10-4-11-35-75)125-109-73-88(121-100-58-26-22-50-93(100)94-51-23-27-59-101(94)121)63-65-98(109)119(113)99-68-86(78-40-16-7-17-41-78)70-108(116(99)126-110)122-102-60-28-24-52-95(102)96-53-25-29-61-103(96)122/h4-74H,1-3H3. The van der Waals surface area contributed by atoms with E-state index in [9.17, 15) is 0 Å². The molecule has 0 saturated carbocycles. The highest BCUT2D eigenvalue weighted by atomic mass is 16.5. The highest BCUT2D eigenvalue weighted by Gasteiger charge is 2.52. The lowest BCUT2D eigenvalue weighted by molar-refractivity contribution is 0.466. The Morgan fingerprint density at radius 3 is 1.08 bits per heavy atom. The lowest BCUT2D eigenvalue weighted by Crippen LogP contribution is -2.65. The van der Waals surface area contributed by atoms with Gasteiger partial charge in [-0.15, -0.1) is 0 Å². The molecule has 0 saturated heterocycles. The summed E-state index contributed by atoms with van der Waals surface area (Å²) in [4.78, 5) is 5.36. The van der Waals surface area contributed by atoms with Crippen LogP contribution >= 0.6 is 0 Å². The zero-order valence-electron chi connectivity index (χ0n) is 69.8. The Morgan fingerprint density at radius 2 is 0.595 bits per heavy atom. The molecule has 0 radical (unpaired) electrons. The fraction of sp³-hybridized carbons (Fsp3) is 0.0339. The van der Waals surface area contributed by atoms with Crippen LogP contribution in [0.1, 0.15) is 26.3 Å². The number of ether oxygens (including phenoxy) is 2. The topological polar surface area (TPSA) is 34.8 Å². The first-order valence-electron chi connectivity index (χ1n) is 43.7. The van der Waals surface area contributed by atoms with Gasteiger partial charge in [0.25, 0.3) is 13.4 Å². The van der Waals surface area contributed by atoms with Crippen LogP contribution in [-0.4, -0.2) is 22.6 Å². The van der Waals surface area contributed by atoms with Crippen molar-refractivity contribution in [2.45, 2.75) is 26.2 Å². The van der Waals surface area contributed by atoms with Crippen molar-refractivity contribution in [3.63, 3.8) is 0 Å². The second-order valence-corrected chi connectivity index (χ2v) is 34.9. The molecule has 19 aromatic carbocycles. The average Bonchev–Trinajstić information content (AvgIpc) is 0.751. The molecule has 6 heterocycles. The van der Waals surface area contributed by atoms with E-state index in [0.717, 1.165) is 212 Å². The number of benzene rings is 19. The summed E-state index contributed by atoms with van der Waals surface area (Å²) in [6.07, 6.45) is 0. The van der Waals surface area contributed by atoms with Gasteiger partial charge in [-0.2, -0.15) is 0 Å². The number of nitrogens with zero attached hydrogens (tertiary/aromatic N) is 4. The van der Waals surface area contributed by atoms with Gasteiger partial charge in [0.1, 0.15) is 23.0 Å². The third-order valence-electron chi connectivity index (χ3n) is 26.7. The molecule has 0 aliphatic carbocycles. The number of rotatable bonds is 12. The summed E-state index contributed by atoms with van der Waals surface area (Å²) >= 11 is 0. The Bertz CT molecular complexity index is 7910. The van der Waals surface area contributed by atoms with Crippen molar-refractivity contribution in [3.05, 3.63) is 436 Å². The van der Waals surface area contributed by atoms with E-state index in [1.54, 1.807) is 0 Å². The molecular formula is C118H80B2N4O2. The zero-order chi connectivity index (χ0) is 83.4. The number of aromatic nitrogens is 2. The predicted molar refractivity (Wildman–Crippen MR) is 529 cm³/mol. The summed E-state index contributed by atoms with van der Waals surface area (Å²) in [6, 6.07) is 160. The number of hydrogen-bond donors (Lipinski definition) is 0. The molecule has 8 heteroatoms. The van der Waals surface area contributed by atoms with Gasteiger partial charge < -0.3 is 28.4 Å². The summed E-state index contributed by atoms with van der Waals surface area (Å²) in [5, 5.41) is 4.70. The molecule has 0 bridgehead atoms. The molecule has 0 atom stereocenters. The average molecular weight is 1610 g/mol. The molecule has 590 valence electrons. The van der Waals surface area contributed by atoms with Crippen molar-refractivity contribution in [2.24, 2.45) is 0 Å². The molecule has 0 unspecified atom stereocenters. The van der Waals surface area contributed by atoms with Crippen molar-refractivity contribution >= 4 is 124 Å². The van der Waals surface area contributed by atoms with Gasteiger partial charge in [0, 0.05) is 89.8 Å². The van der Waals surface area contributed by atoms with E-state index in [1.807, 2.05) is 0 Å². The summed E-state index contributed by atoms with van der Waals surface area (Å²) in [7, 11) is 0. The van der Waals surface area contributed by atoms with E-state index in [0.29, 0.717) is 0 Å². The van der Waals surface area contributed by atoms with Gasteiger partial charge in [-0.3, -0.25) is 0 Å². The lowest BCUT2D eigenvalue weighted by atomic mass is 9.30. The van der Waals surface area contributed by atoms with Gasteiger partial charge in [0.15, 0.2) is 0 Å². The van der Waals surface area contributed by atoms with E-state index in [4.69, 9.17) is 9.47 Å². The van der Waals surface area contributed by atoms with Crippen molar-refractivity contribution in [1.29, 1.82) is 0 Å². The minimum Gasteiger partial charge on any atom is -0.459 e. The minimum atomic E-state index is -0.498. The molecular weight excluding hydrogens is 1530 g/mol. The second-order valence-electron chi connectivity index (χ2n) is 34.9. The highest BCUT2D eigenvalue weighted by molar-refractivity contribution is 7.03. The molecule has 25 rings (SSSR count). The van der Waals surface area contributed by atoms with E-state index in [2.05, 4.69) is 470 Å². The number of para-hydroxylation sites is 6. The monoisotopic (exact) mass is 1610 g/mol. The van der Waals surface area contributed by atoms with Crippen LogP contribution in [0.15, 0.2) is 431 Å². The summed E-state index contributed by atoms with van der Waals surface area (Å²) in [5.41, 5.74) is 37.3. The van der Waals surface area contributed by atoms with E-state index in [-0.39, 0.29) is 0 Å². The van der Waals surface area contributed by atoms with Crippen LogP contribution < -0.4 is 52.1 Å². The molecule has 2 aromatic heterocycles. The first-order valence-corrected chi connectivity index (χ1v) is 43.7. The molecule has 4 aliphatic heterocycles. The quantitative estimate of drug-likeness (QED) is 0.114. The first kappa shape index (κ1) is 72.9. The van der Waals surface area contributed by atoms with E-state index < -0.39 is 18.8 Å². The van der Waals surface area contributed by atoms with Gasteiger partial charge in [-0.25, -0.2) is 0 Å². The van der Waals surface area contributed by atoms with Crippen LogP contribution in [0.2, 0.25) is 0 Å². The normalized spacial score (nSPS) is 12.8. The molecule has 0 fully saturated rings. The second kappa shape index (κ2) is 28.9. The number of hydrogen-bond acceptors (Lipinski definition) is 4. The molecule has 126 heavy (non-hydrogen) atoms. The lowest BCUT2D eigenvalue weighted by Gasteiger charge is -2.48. The maximum atomic E-state index is 8.58. The molecule has 21 aromatic rings.